The highest BCUT2D eigenvalue weighted by Gasteiger charge is 2.26. The summed E-state index contributed by atoms with van der Waals surface area (Å²) in [5.41, 5.74) is 0.327. The van der Waals surface area contributed by atoms with Crippen LogP contribution in [0.15, 0.2) is 29.2 Å². The Balaban J connectivity index is 2.15. The van der Waals surface area contributed by atoms with Crippen LogP contribution in [0.3, 0.4) is 0 Å². The number of nitrogens with one attached hydrogen (secondary N) is 1. The Morgan fingerprint density at radius 2 is 2.32 bits per heavy atom. The van der Waals surface area contributed by atoms with Gasteiger partial charge in [0.25, 0.3) is 0 Å². The number of nitrogens with zero attached hydrogens (tertiary/aromatic N) is 1. The van der Waals surface area contributed by atoms with Crippen LogP contribution in [0, 0.1) is 11.3 Å². The molecule has 0 saturated carbocycles. The van der Waals surface area contributed by atoms with Crippen LogP contribution in [0.25, 0.3) is 0 Å². The quantitative estimate of drug-likeness (QED) is 0.904. The summed E-state index contributed by atoms with van der Waals surface area (Å²) in [6, 6.07) is 7.63. The van der Waals surface area contributed by atoms with Crippen molar-refractivity contribution in [2.75, 3.05) is 6.61 Å². The number of rotatable bonds is 4. The van der Waals surface area contributed by atoms with Crippen molar-refractivity contribution in [3.63, 3.8) is 0 Å². The Labute approximate surface area is 113 Å². The molecule has 1 aliphatic rings. The Morgan fingerprint density at radius 1 is 1.53 bits per heavy atom. The minimum absolute atomic E-state index is 0.0751. The van der Waals surface area contributed by atoms with Gasteiger partial charge in [-0.2, -0.15) is 5.26 Å². The zero-order valence-corrected chi connectivity index (χ0v) is 11.5. The van der Waals surface area contributed by atoms with Gasteiger partial charge in [0, 0.05) is 12.6 Å². The van der Waals surface area contributed by atoms with Crippen LogP contribution >= 0.6 is 0 Å². The fourth-order valence-electron chi connectivity index (χ4n) is 2.12. The highest BCUT2D eigenvalue weighted by Crippen LogP contribution is 2.18. The molecule has 1 N–H and O–H groups in total. The van der Waals surface area contributed by atoms with Gasteiger partial charge < -0.3 is 4.74 Å². The Bertz CT molecular complexity index is 586. The van der Waals surface area contributed by atoms with Crippen molar-refractivity contribution < 1.29 is 13.2 Å². The third-order valence-electron chi connectivity index (χ3n) is 3.14. The molecule has 0 bridgehead atoms. The van der Waals surface area contributed by atoms with E-state index in [2.05, 4.69) is 4.72 Å². The largest absolute Gasteiger partial charge is 0.377 e. The van der Waals surface area contributed by atoms with E-state index in [9.17, 15) is 8.42 Å². The molecule has 102 valence electrons. The minimum Gasteiger partial charge on any atom is -0.377 e. The number of nitriles is 1. The first-order valence-corrected chi connectivity index (χ1v) is 7.65. The monoisotopic (exact) mass is 280 g/mol. The molecule has 0 aliphatic carbocycles. The summed E-state index contributed by atoms with van der Waals surface area (Å²) >= 11 is 0. The van der Waals surface area contributed by atoms with Gasteiger partial charge in [-0.3, -0.25) is 0 Å². The van der Waals surface area contributed by atoms with Crippen molar-refractivity contribution in [2.24, 2.45) is 0 Å². The van der Waals surface area contributed by atoms with Crippen molar-refractivity contribution in [1.82, 2.24) is 4.72 Å². The summed E-state index contributed by atoms with van der Waals surface area (Å²) in [4.78, 5) is 0.108. The molecule has 1 aromatic rings. The smallest absolute Gasteiger partial charge is 0.240 e. The van der Waals surface area contributed by atoms with Crippen LogP contribution in [-0.2, 0) is 14.8 Å². The predicted octanol–water partition coefficient (Wildman–Crippen LogP) is 1.40. The first-order chi connectivity index (χ1) is 9.03. The first-order valence-electron chi connectivity index (χ1n) is 6.17. The molecule has 0 spiro atoms. The summed E-state index contributed by atoms with van der Waals surface area (Å²) in [6.07, 6.45) is 1.75. The van der Waals surface area contributed by atoms with Crippen LogP contribution < -0.4 is 4.72 Å². The van der Waals surface area contributed by atoms with E-state index in [1.165, 1.54) is 12.1 Å². The maximum absolute atomic E-state index is 12.2. The second-order valence-electron chi connectivity index (χ2n) is 4.60. The molecular formula is C13H16N2O3S. The summed E-state index contributed by atoms with van der Waals surface area (Å²) in [7, 11) is -3.61. The molecule has 19 heavy (non-hydrogen) atoms. The van der Waals surface area contributed by atoms with Crippen LogP contribution in [0.4, 0.5) is 0 Å². The highest BCUT2D eigenvalue weighted by atomic mass is 32.2. The fraction of sp³-hybridized carbons (Fsp3) is 0.462. The molecule has 5 nitrogen and oxygen atoms in total. The second-order valence-corrected chi connectivity index (χ2v) is 6.32. The van der Waals surface area contributed by atoms with Gasteiger partial charge in [0.1, 0.15) is 0 Å². The molecule has 0 aromatic heterocycles. The van der Waals surface area contributed by atoms with E-state index in [4.69, 9.17) is 10.00 Å². The lowest BCUT2D eigenvalue weighted by Gasteiger charge is -2.19. The predicted molar refractivity (Wildman–Crippen MR) is 69.9 cm³/mol. The minimum atomic E-state index is -3.61. The van der Waals surface area contributed by atoms with Crippen LogP contribution in [0.1, 0.15) is 25.3 Å². The van der Waals surface area contributed by atoms with Crippen molar-refractivity contribution in [3.8, 4) is 6.07 Å². The molecule has 0 amide bonds. The van der Waals surface area contributed by atoms with Crippen molar-refractivity contribution in [1.29, 1.82) is 5.26 Å². The summed E-state index contributed by atoms with van der Waals surface area (Å²) < 4.78 is 32.4. The zero-order chi connectivity index (χ0) is 13.9. The molecule has 0 unspecified atom stereocenters. The highest BCUT2D eigenvalue weighted by molar-refractivity contribution is 7.89. The van der Waals surface area contributed by atoms with E-state index >= 15 is 0 Å². The van der Waals surface area contributed by atoms with Crippen LogP contribution in [0.2, 0.25) is 0 Å². The molecular weight excluding hydrogens is 264 g/mol. The number of benzene rings is 1. The van der Waals surface area contributed by atoms with E-state index in [0.717, 1.165) is 12.8 Å². The molecule has 1 heterocycles. The third-order valence-corrected chi connectivity index (χ3v) is 4.69. The normalized spacial score (nSPS) is 20.9. The van der Waals surface area contributed by atoms with Gasteiger partial charge in [-0.05, 0) is 38.0 Å². The second kappa shape index (κ2) is 5.70. The molecule has 2 atom stereocenters. The van der Waals surface area contributed by atoms with Gasteiger partial charge in [0.15, 0.2) is 0 Å². The molecule has 6 heteroatoms. The molecule has 1 aliphatic heterocycles. The maximum Gasteiger partial charge on any atom is 0.240 e. The average molecular weight is 280 g/mol. The Morgan fingerprint density at radius 3 is 2.95 bits per heavy atom. The lowest BCUT2D eigenvalue weighted by molar-refractivity contribution is 0.0902. The molecule has 1 aromatic carbocycles. The van der Waals surface area contributed by atoms with E-state index < -0.39 is 10.0 Å². The number of sulfonamides is 1. The van der Waals surface area contributed by atoms with Gasteiger partial charge >= 0.3 is 0 Å². The van der Waals surface area contributed by atoms with E-state index in [0.29, 0.717) is 12.2 Å². The fourth-order valence-corrected chi connectivity index (χ4v) is 3.44. The van der Waals surface area contributed by atoms with Crippen LogP contribution in [-0.4, -0.2) is 27.2 Å². The molecule has 1 saturated heterocycles. The van der Waals surface area contributed by atoms with E-state index in [1.54, 1.807) is 19.1 Å². The lowest BCUT2D eigenvalue weighted by atomic mass is 10.1. The topological polar surface area (TPSA) is 79.2 Å². The number of hydrogen-bond acceptors (Lipinski definition) is 4. The Kier molecular flexibility index (Phi) is 4.20. The maximum atomic E-state index is 12.2. The lowest BCUT2D eigenvalue weighted by Crippen LogP contribution is -2.40. The summed E-state index contributed by atoms with van der Waals surface area (Å²) in [5, 5.41) is 8.80. The van der Waals surface area contributed by atoms with Gasteiger partial charge in [-0.15, -0.1) is 0 Å². The van der Waals surface area contributed by atoms with Crippen molar-refractivity contribution in [2.45, 2.75) is 36.8 Å². The first kappa shape index (κ1) is 14.0. The van der Waals surface area contributed by atoms with Gasteiger partial charge in [-0.1, -0.05) is 6.07 Å². The summed E-state index contributed by atoms with van der Waals surface area (Å²) in [6.45, 7) is 2.47. The molecule has 1 fully saturated rings. The average Bonchev–Trinajstić information content (AvgIpc) is 2.92. The zero-order valence-electron chi connectivity index (χ0n) is 10.7. The van der Waals surface area contributed by atoms with Gasteiger partial charge in [0.2, 0.25) is 10.0 Å². The van der Waals surface area contributed by atoms with Crippen LogP contribution in [0.5, 0.6) is 0 Å². The molecule has 2 rings (SSSR count). The molecule has 0 radical (unpaired) electrons. The third kappa shape index (κ3) is 3.32. The number of ether oxygens (including phenoxy) is 1. The number of hydrogen-bond donors (Lipinski definition) is 1. The van der Waals surface area contributed by atoms with Crippen molar-refractivity contribution >= 4 is 10.0 Å². The Hall–Kier alpha value is -1.42. The SMILES string of the molecule is C[C@H](NS(=O)(=O)c1cccc(C#N)c1)[C@H]1CCCO1. The van der Waals surface area contributed by atoms with E-state index in [-0.39, 0.29) is 17.0 Å². The van der Waals surface area contributed by atoms with Crippen molar-refractivity contribution in [3.05, 3.63) is 29.8 Å². The summed E-state index contributed by atoms with van der Waals surface area (Å²) in [5.74, 6) is 0. The van der Waals surface area contributed by atoms with E-state index in [1.807, 2.05) is 6.07 Å². The van der Waals surface area contributed by atoms with Gasteiger partial charge in [-0.25, -0.2) is 13.1 Å². The van der Waals surface area contributed by atoms with Gasteiger partial charge in [0.05, 0.1) is 22.6 Å². The standard InChI is InChI=1S/C13H16N2O3S/c1-10(13-6-3-7-18-13)15-19(16,17)12-5-2-4-11(8-12)9-14/h2,4-5,8,10,13,15H,3,6-7H2,1H3/t10-,13+/m0/s1.